The van der Waals surface area contributed by atoms with Crippen molar-refractivity contribution in [1.29, 1.82) is 0 Å². The first kappa shape index (κ1) is 17.8. The monoisotopic (exact) mass is 389 g/mol. The third-order valence-electron chi connectivity index (χ3n) is 4.30. The Morgan fingerprint density at radius 1 is 1.00 bits per heavy atom. The van der Waals surface area contributed by atoms with E-state index in [0.717, 1.165) is 21.8 Å². The van der Waals surface area contributed by atoms with Gasteiger partial charge >= 0.3 is 5.97 Å². The van der Waals surface area contributed by atoms with E-state index in [2.05, 4.69) is 15.4 Å². The number of aromatic carboxylic acids is 1. The minimum absolute atomic E-state index is 0.137. The second kappa shape index (κ2) is 7.59. The SMILES string of the molecule is O=C(O)c1cc(-c2nc(-c3cccnc3)cs2)ccc1-c1ccccc1NO. The van der Waals surface area contributed by atoms with Gasteiger partial charge in [0.05, 0.1) is 16.9 Å². The fourth-order valence-electron chi connectivity index (χ4n) is 2.96. The summed E-state index contributed by atoms with van der Waals surface area (Å²) in [5.74, 6) is -1.05. The third kappa shape index (κ3) is 3.36. The van der Waals surface area contributed by atoms with Gasteiger partial charge in [-0.3, -0.25) is 15.7 Å². The van der Waals surface area contributed by atoms with Gasteiger partial charge in [-0.2, -0.15) is 0 Å². The number of benzene rings is 2. The highest BCUT2D eigenvalue weighted by atomic mass is 32.1. The van der Waals surface area contributed by atoms with E-state index >= 15 is 0 Å². The smallest absolute Gasteiger partial charge is 0.336 e. The molecule has 0 aliphatic rings. The lowest BCUT2D eigenvalue weighted by Crippen LogP contribution is -2.02. The van der Waals surface area contributed by atoms with Crippen LogP contribution in [0.15, 0.2) is 72.4 Å². The van der Waals surface area contributed by atoms with E-state index < -0.39 is 5.97 Å². The number of para-hydroxylation sites is 1. The Hall–Kier alpha value is -3.55. The molecule has 0 spiro atoms. The zero-order valence-corrected chi connectivity index (χ0v) is 15.4. The molecule has 2 heterocycles. The molecule has 0 saturated heterocycles. The number of hydrogen-bond donors (Lipinski definition) is 3. The van der Waals surface area contributed by atoms with E-state index in [1.165, 1.54) is 11.3 Å². The fraction of sp³-hybridized carbons (Fsp3) is 0. The summed E-state index contributed by atoms with van der Waals surface area (Å²) in [6.45, 7) is 0. The first-order valence-electron chi connectivity index (χ1n) is 8.40. The van der Waals surface area contributed by atoms with Crippen LogP contribution in [0.5, 0.6) is 0 Å². The van der Waals surface area contributed by atoms with Gasteiger partial charge in [0.25, 0.3) is 0 Å². The van der Waals surface area contributed by atoms with Gasteiger partial charge in [-0.25, -0.2) is 9.78 Å². The number of pyridine rings is 1. The molecule has 4 aromatic rings. The minimum Gasteiger partial charge on any atom is -0.478 e. The van der Waals surface area contributed by atoms with Gasteiger partial charge in [0.15, 0.2) is 0 Å². The molecule has 0 radical (unpaired) electrons. The Morgan fingerprint density at radius 3 is 2.61 bits per heavy atom. The van der Waals surface area contributed by atoms with Crippen LogP contribution in [-0.4, -0.2) is 26.3 Å². The molecule has 0 aliphatic heterocycles. The predicted octanol–water partition coefficient (Wildman–Crippen LogP) is 5.04. The van der Waals surface area contributed by atoms with Crippen molar-refractivity contribution in [3.8, 4) is 33.0 Å². The summed E-state index contributed by atoms with van der Waals surface area (Å²) < 4.78 is 0. The van der Waals surface area contributed by atoms with E-state index in [1.807, 2.05) is 23.6 Å². The van der Waals surface area contributed by atoms with Crippen molar-refractivity contribution in [3.63, 3.8) is 0 Å². The highest BCUT2D eigenvalue weighted by molar-refractivity contribution is 7.13. The number of thiazole rings is 1. The number of carboxylic acids is 1. The maximum absolute atomic E-state index is 11.9. The second-order valence-corrected chi connectivity index (χ2v) is 6.86. The van der Waals surface area contributed by atoms with Crippen LogP contribution in [-0.2, 0) is 0 Å². The zero-order chi connectivity index (χ0) is 19.5. The van der Waals surface area contributed by atoms with E-state index in [4.69, 9.17) is 0 Å². The predicted molar refractivity (Wildman–Crippen MR) is 109 cm³/mol. The average Bonchev–Trinajstić information content (AvgIpc) is 3.24. The molecule has 0 saturated carbocycles. The lowest BCUT2D eigenvalue weighted by atomic mass is 9.96. The Morgan fingerprint density at radius 2 is 1.86 bits per heavy atom. The highest BCUT2D eigenvalue weighted by Crippen LogP contribution is 2.35. The van der Waals surface area contributed by atoms with Gasteiger partial charge in [-0.1, -0.05) is 30.3 Å². The van der Waals surface area contributed by atoms with Crippen LogP contribution in [0.4, 0.5) is 5.69 Å². The number of carbonyl (C=O) groups is 1. The van der Waals surface area contributed by atoms with Crippen molar-refractivity contribution in [2.75, 3.05) is 5.48 Å². The average molecular weight is 389 g/mol. The molecule has 0 amide bonds. The van der Waals surface area contributed by atoms with Gasteiger partial charge in [0.2, 0.25) is 0 Å². The number of hydrogen-bond acceptors (Lipinski definition) is 6. The number of carboxylic acid groups (broad SMARTS) is 1. The van der Waals surface area contributed by atoms with Crippen LogP contribution in [0.2, 0.25) is 0 Å². The summed E-state index contributed by atoms with van der Waals surface area (Å²) in [7, 11) is 0. The standard InChI is InChI=1S/C21H15N3O3S/c25-21(26)17-10-13(7-8-15(17)16-5-1-2-6-18(16)24-27)20-23-19(12-28-20)14-4-3-9-22-11-14/h1-12,24,27H,(H,25,26). The second-order valence-electron chi connectivity index (χ2n) is 6.00. The van der Waals surface area contributed by atoms with Crippen LogP contribution in [0.3, 0.4) is 0 Å². The van der Waals surface area contributed by atoms with E-state index in [0.29, 0.717) is 16.8 Å². The molecular formula is C21H15N3O3S. The van der Waals surface area contributed by atoms with E-state index in [-0.39, 0.29) is 5.56 Å². The van der Waals surface area contributed by atoms with Crippen molar-refractivity contribution < 1.29 is 15.1 Å². The molecule has 7 heteroatoms. The Kier molecular flexibility index (Phi) is 4.84. The summed E-state index contributed by atoms with van der Waals surface area (Å²) >= 11 is 1.44. The molecule has 3 N–H and O–H groups in total. The van der Waals surface area contributed by atoms with Crippen molar-refractivity contribution >= 4 is 23.0 Å². The van der Waals surface area contributed by atoms with Crippen LogP contribution >= 0.6 is 11.3 Å². The molecule has 2 aromatic carbocycles. The van der Waals surface area contributed by atoms with E-state index in [1.54, 1.807) is 48.8 Å². The molecule has 0 atom stereocenters. The molecule has 0 aliphatic carbocycles. The molecule has 0 unspecified atom stereocenters. The lowest BCUT2D eigenvalue weighted by molar-refractivity contribution is 0.0698. The van der Waals surface area contributed by atoms with Gasteiger partial charge in [-0.15, -0.1) is 11.3 Å². The number of nitrogens with zero attached hydrogens (tertiary/aromatic N) is 2. The Bertz CT molecular complexity index is 1140. The number of rotatable bonds is 5. The van der Waals surface area contributed by atoms with Crippen molar-refractivity contribution in [1.82, 2.24) is 9.97 Å². The topological polar surface area (TPSA) is 95.3 Å². The Balaban J connectivity index is 1.78. The summed E-state index contributed by atoms with van der Waals surface area (Å²) in [5.41, 5.74) is 6.22. The fourth-order valence-corrected chi connectivity index (χ4v) is 3.78. The number of aromatic nitrogens is 2. The molecule has 0 bridgehead atoms. The van der Waals surface area contributed by atoms with Gasteiger partial charge in [0, 0.05) is 34.5 Å². The first-order valence-corrected chi connectivity index (χ1v) is 9.28. The van der Waals surface area contributed by atoms with Gasteiger partial charge in [-0.05, 0) is 29.8 Å². The maximum Gasteiger partial charge on any atom is 0.336 e. The quantitative estimate of drug-likeness (QED) is 0.414. The van der Waals surface area contributed by atoms with Crippen molar-refractivity contribution in [2.24, 2.45) is 0 Å². The largest absolute Gasteiger partial charge is 0.478 e. The van der Waals surface area contributed by atoms with Gasteiger partial charge < -0.3 is 5.11 Å². The molecule has 6 nitrogen and oxygen atoms in total. The Labute approximate surface area is 164 Å². The molecule has 0 fully saturated rings. The van der Waals surface area contributed by atoms with E-state index in [9.17, 15) is 15.1 Å². The van der Waals surface area contributed by atoms with Crippen LogP contribution in [0.25, 0.3) is 33.0 Å². The summed E-state index contributed by atoms with van der Waals surface area (Å²) in [6, 6.07) is 15.9. The maximum atomic E-state index is 11.9. The van der Waals surface area contributed by atoms with Gasteiger partial charge in [0.1, 0.15) is 5.01 Å². The number of anilines is 1. The summed E-state index contributed by atoms with van der Waals surface area (Å²) in [5, 5.41) is 21.7. The molecule has 28 heavy (non-hydrogen) atoms. The lowest BCUT2D eigenvalue weighted by Gasteiger charge is -2.12. The minimum atomic E-state index is -1.05. The first-order chi connectivity index (χ1) is 13.7. The van der Waals surface area contributed by atoms with Crippen molar-refractivity contribution in [3.05, 3.63) is 77.9 Å². The molecule has 4 rings (SSSR count). The summed E-state index contributed by atoms with van der Waals surface area (Å²) in [4.78, 5) is 20.6. The summed E-state index contributed by atoms with van der Waals surface area (Å²) in [6.07, 6.45) is 3.44. The third-order valence-corrected chi connectivity index (χ3v) is 5.19. The van der Waals surface area contributed by atoms with Crippen LogP contribution in [0, 0.1) is 0 Å². The molecule has 138 valence electrons. The molecular weight excluding hydrogens is 374 g/mol. The molecule has 2 aromatic heterocycles. The van der Waals surface area contributed by atoms with Crippen LogP contribution in [0.1, 0.15) is 10.4 Å². The highest BCUT2D eigenvalue weighted by Gasteiger charge is 2.17. The normalized spacial score (nSPS) is 10.6. The zero-order valence-electron chi connectivity index (χ0n) is 14.5. The van der Waals surface area contributed by atoms with Crippen molar-refractivity contribution in [2.45, 2.75) is 0 Å². The number of nitrogens with one attached hydrogen (secondary N) is 1. The van der Waals surface area contributed by atoms with Crippen LogP contribution < -0.4 is 5.48 Å².